The van der Waals surface area contributed by atoms with Crippen LogP contribution in [0.3, 0.4) is 0 Å². The van der Waals surface area contributed by atoms with Crippen LogP contribution < -0.4 is 0 Å². The minimum Gasteiger partial charge on any atom is -0.207 e. The van der Waals surface area contributed by atoms with E-state index < -0.39 is 10.0 Å². The van der Waals surface area contributed by atoms with Crippen LogP contribution in [0.2, 0.25) is 0 Å². The third kappa shape index (κ3) is 2.08. The van der Waals surface area contributed by atoms with Gasteiger partial charge in [0.15, 0.2) is 0 Å². The van der Waals surface area contributed by atoms with Crippen molar-refractivity contribution in [2.24, 2.45) is 5.92 Å². The molecule has 1 atom stereocenters. The van der Waals surface area contributed by atoms with Crippen LogP contribution in [-0.2, 0) is 10.0 Å². The molecule has 1 saturated carbocycles. The molecule has 2 aliphatic rings. The molecule has 1 aromatic rings. The first kappa shape index (κ1) is 12.2. The van der Waals surface area contributed by atoms with Gasteiger partial charge >= 0.3 is 0 Å². The summed E-state index contributed by atoms with van der Waals surface area (Å²) in [6.45, 7) is 2.66. The van der Waals surface area contributed by atoms with Gasteiger partial charge in [-0.1, -0.05) is 17.7 Å². The average molecular weight is 265 g/mol. The highest BCUT2D eigenvalue weighted by molar-refractivity contribution is 7.89. The van der Waals surface area contributed by atoms with Gasteiger partial charge in [-0.25, -0.2) is 8.42 Å². The molecule has 0 amide bonds. The Morgan fingerprint density at radius 1 is 1.11 bits per heavy atom. The summed E-state index contributed by atoms with van der Waals surface area (Å²) in [6.07, 6.45) is 4.44. The Balaban J connectivity index is 1.91. The fourth-order valence-corrected chi connectivity index (χ4v) is 4.62. The predicted molar refractivity (Wildman–Crippen MR) is 70.8 cm³/mol. The second-order valence-electron chi connectivity index (χ2n) is 5.48. The fourth-order valence-electron chi connectivity index (χ4n) is 2.86. The lowest BCUT2D eigenvalue weighted by atomic mass is 10.1. The third-order valence-electron chi connectivity index (χ3n) is 4.04. The fraction of sp³-hybridized carbons (Fsp3) is 0.571. The van der Waals surface area contributed by atoms with E-state index in [1.54, 1.807) is 16.4 Å². The van der Waals surface area contributed by atoms with Crippen LogP contribution in [0.15, 0.2) is 29.2 Å². The molecule has 4 heteroatoms. The molecule has 1 aliphatic carbocycles. The van der Waals surface area contributed by atoms with E-state index in [4.69, 9.17) is 0 Å². The number of sulfonamides is 1. The van der Waals surface area contributed by atoms with Crippen molar-refractivity contribution < 1.29 is 8.42 Å². The van der Waals surface area contributed by atoms with E-state index >= 15 is 0 Å². The number of aryl methyl sites for hydroxylation is 1. The Morgan fingerprint density at radius 2 is 1.78 bits per heavy atom. The first-order chi connectivity index (χ1) is 8.59. The summed E-state index contributed by atoms with van der Waals surface area (Å²) >= 11 is 0. The molecular weight excluding hydrogens is 246 g/mol. The monoisotopic (exact) mass is 265 g/mol. The van der Waals surface area contributed by atoms with E-state index in [-0.39, 0.29) is 6.04 Å². The Morgan fingerprint density at radius 3 is 2.39 bits per heavy atom. The van der Waals surface area contributed by atoms with E-state index in [1.807, 2.05) is 19.1 Å². The Labute approximate surface area is 109 Å². The number of benzene rings is 1. The molecule has 1 aliphatic heterocycles. The van der Waals surface area contributed by atoms with E-state index in [2.05, 4.69) is 0 Å². The Bertz CT molecular complexity index is 531. The van der Waals surface area contributed by atoms with Gasteiger partial charge in [0.1, 0.15) is 0 Å². The minimum absolute atomic E-state index is 0.260. The van der Waals surface area contributed by atoms with Crippen molar-refractivity contribution >= 4 is 10.0 Å². The number of hydrogen-bond donors (Lipinski definition) is 0. The highest BCUT2D eigenvalue weighted by atomic mass is 32.2. The van der Waals surface area contributed by atoms with E-state index in [0.717, 1.165) is 18.4 Å². The maximum atomic E-state index is 12.6. The van der Waals surface area contributed by atoms with Crippen LogP contribution >= 0.6 is 0 Å². The summed E-state index contributed by atoms with van der Waals surface area (Å²) in [5.41, 5.74) is 1.09. The Kier molecular flexibility index (Phi) is 2.94. The predicted octanol–water partition coefficient (Wildman–Crippen LogP) is 2.56. The van der Waals surface area contributed by atoms with Crippen LogP contribution in [0.5, 0.6) is 0 Å². The van der Waals surface area contributed by atoms with Gasteiger partial charge in [0.2, 0.25) is 10.0 Å². The van der Waals surface area contributed by atoms with Crippen molar-refractivity contribution in [1.82, 2.24) is 4.31 Å². The zero-order valence-electron chi connectivity index (χ0n) is 10.7. The van der Waals surface area contributed by atoms with Crippen molar-refractivity contribution in [2.75, 3.05) is 6.54 Å². The molecule has 18 heavy (non-hydrogen) atoms. The van der Waals surface area contributed by atoms with E-state index in [0.29, 0.717) is 17.4 Å². The molecule has 2 fully saturated rings. The summed E-state index contributed by atoms with van der Waals surface area (Å²) in [5, 5.41) is 0. The molecular formula is C14H19NO2S. The molecule has 1 heterocycles. The molecule has 0 radical (unpaired) electrons. The molecule has 0 spiro atoms. The van der Waals surface area contributed by atoms with E-state index in [9.17, 15) is 8.42 Å². The average Bonchev–Trinajstić information content (AvgIpc) is 3.07. The van der Waals surface area contributed by atoms with Crippen molar-refractivity contribution in [3.63, 3.8) is 0 Å². The second-order valence-corrected chi connectivity index (χ2v) is 7.37. The smallest absolute Gasteiger partial charge is 0.207 e. The van der Waals surface area contributed by atoms with Gasteiger partial charge in [0, 0.05) is 12.6 Å². The minimum atomic E-state index is -3.28. The number of nitrogens with zero attached hydrogens (tertiary/aromatic N) is 1. The maximum absolute atomic E-state index is 12.6. The first-order valence-electron chi connectivity index (χ1n) is 6.67. The topological polar surface area (TPSA) is 37.4 Å². The van der Waals surface area contributed by atoms with Crippen molar-refractivity contribution in [1.29, 1.82) is 0 Å². The molecule has 0 aromatic heterocycles. The lowest BCUT2D eigenvalue weighted by Gasteiger charge is -2.24. The molecule has 1 saturated heterocycles. The second kappa shape index (κ2) is 4.35. The van der Waals surface area contributed by atoms with Crippen molar-refractivity contribution in [3.8, 4) is 0 Å². The van der Waals surface area contributed by atoms with E-state index in [1.165, 1.54) is 12.8 Å². The van der Waals surface area contributed by atoms with Crippen molar-refractivity contribution in [3.05, 3.63) is 29.8 Å². The summed E-state index contributed by atoms with van der Waals surface area (Å²) in [5.74, 6) is 0.618. The maximum Gasteiger partial charge on any atom is 0.243 e. The normalized spacial score (nSPS) is 25.5. The molecule has 3 nitrogen and oxygen atoms in total. The van der Waals surface area contributed by atoms with Crippen LogP contribution in [-0.4, -0.2) is 25.3 Å². The number of rotatable bonds is 3. The van der Waals surface area contributed by atoms with Gasteiger partial charge in [-0.2, -0.15) is 4.31 Å². The molecule has 98 valence electrons. The van der Waals surface area contributed by atoms with Gasteiger partial charge in [0.25, 0.3) is 0 Å². The summed E-state index contributed by atoms with van der Waals surface area (Å²) in [6, 6.07) is 7.46. The summed E-state index contributed by atoms with van der Waals surface area (Å²) in [7, 11) is -3.28. The quantitative estimate of drug-likeness (QED) is 0.842. The molecule has 1 unspecified atom stereocenters. The van der Waals surface area contributed by atoms with Crippen LogP contribution in [0.25, 0.3) is 0 Å². The van der Waals surface area contributed by atoms with Gasteiger partial charge < -0.3 is 0 Å². The highest BCUT2D eigenvalue weighted by Gasteiger charge is 2.43. The Hall–Kier alpha value is -0.870. The highest BCUT2D eigenvalue weighted by Crippen LogP contribution is 2.42. The summed E-state index contributed by atoms with van der Waals surface area (Å²) in [4.78, 5) is 0.445. The van der Waals surface area contributed by atoms with Crippen LogP contribution in [0, 0.1) is 12.8 Å². The SMILES string of the molecule is Cc1ccc(S(=O)(=O)N2CCCC2C2CC2)cc1. The van der Waals surface area contributed by atoms with Crippen molar-refractivity contribution in [2.45, 2.75) is 43.5 Å². The van der Waals surface area contributed by atoms with Gasteiger partial charge in [-0.15, -0.1) is 0 Å². The lowest BCUT2D eigenvalue weighted by molar-refractivity contribution is 0.356. The molecule has 0 bridgehead atoms. The standard InChI is InChI=1S/C14H19NO2S/c1-11-4-8-13(9-5-11)18(16,17)15-10-2-3-14(15)12-6-7-12/h4-5,8-9,12,14H,2-3,6-7,10H2,1H3. The molecule has 0 N–H and O–H groups in total. The van der Waals surface area contributed by atoms with Crippen LogP contribution in [0.4, 0.5) is 0 Å². The first-order valence-corrected chi connectivity index (χ1v) is 8.11. The largest absolute Gasteiger partial charge is 0.243 e. The van der Waals surface area contributed by atoms with Gasteiger partial charge in [0.05, 0.1) is 4.90 Å². The molecule has 1 aromatic carbocycles. The zero-order valence-corrected chi connectivity index (χ0v) is 11.5. The van der Waals surface area contributed by atoms with Gasteiger partial charge in [-0.3, -0.25) is 0 Å². The summed E-state index contributed by atoms with van der Waals surface area (Å²) < 4.78 is 27.0. The van der Waals surface area contributed by atoms with Gasteiger partial charge in [-0.05, 0) is 50.7 Å². The van der Waals surface area contributed by atoms with Crippen LogP contribution in [0.1, 0.15) is 31.2 Å². The third-order valence-corrected chi connectivity index (χ3v) is 5.98. The molecule has 3 rings (SSSR count). The zero-order chi connectivity index (χ0) is 12.8. The lowest BCUT2D eigenvalue weighted by Crippen LogP contribution is -2.36. The number of hydrogen-bond acceptors (Lipinski definition) is 2.